The molecular weight excluding hydrogens is 280 g/mol. The van der Waals surface area contributed by atoms with Crippen LogP contribution in [0.1, 0.15) is 39.0 Å². The van der Waals surface area contributed by atoms with E-state index in [1.54, 1.807) is 4.57 Å². The lowest BCUT2D eigenvalue weighted by Crippen LogP contribution is -2.24. The van der Waals surface area contributed by atoms with Crippen molar-refractivity contribution < 1.29 is 0 Å². The maximum absolute atomic E-state index is 12.6. The van der Waals surface area contributed by atoms with Crippen LogP contribution in [0.5, 0.6) is 0 Å². The van der Waals surface area contributed by atoms with Crippen molar-refractivity contribution in [1.82, 2.24) is 9.55 Å². The summed E-state index contributed by atoms with van der Waals surface area (Å²) in [5, 5.41) is 0.725. The van der Waals surface area contributed by atoms with E-state index in [9.17, 15) is 4.79 Å². The molecule has 1 aliphatic carbocycles. The van der Waals surface area contributed by atoms with Crippen LogP contribution >= 0.6 is 12.2 Å². The van der Waals surface area contributed by atoms with Crippen LogP contribution in [0.25, 0.3) is 10.9 Å². The first kappa shape index (κ1) is 14.5. The molecule has 1 aliphatic rings. The highest BCUT2D eigenvalue weighted by atomic mass is 32.1. The zero-order valence-electron chi connectivity index (χ0n) is 12.5. The predicted molar refractivity (Wildman–Crippen MR) is 89.1 cm³/mol. The van der Waals surface area contributed by atoms with E-state index < -0.39 is 0 Å². The van der Waals surface area contributed by atoms with Crippen molar-refractivity contribution in [2.45, 2.75) is 45.6 Å². The Labute approximate surface area is 130 Å². The molecule has 3 rings (SSSR count). The third kappa shape index (κ3) is 3.10. The fraction of sp³-hybridized carbons (Fsp3) is 0.529. The number of nitrogens with one attached hydrogen (secondary N) is 1. The van der Waals surface area contributed by atoms with Gasteiger partial charge in [-0.2, -0.15) is 0 Å². The molecule has 1 saturated carbocycles. The summed E-state index contributed by atoms with van der Waals surface area (Å²) in [5.74, 6) is 1.61. The average molecular weight is 302 g/mol. The molecule has 3 nitrogen and oxygen atoms in total. The van der Waals surface area contributed by atoms with Crippen molar-refractivity contribution in [2.24, 2.45) is 11.8 Å². The minimum Gasteiger partial charge on any atom is -0.332 e. The summed E-state index contributed by atoms with van der Waals surface area (Å²) < 4.78 is 2.28. The molecule has 2 aromatic rings. The van der Waals surface area contributed by atoms with Gasteiger partial charge in [0.1, 0.15) is 0 Å². The van der Waals surface area contributed by atoms with Gasteiger partial charge in [-0.25, -0.2) is 0 Å². The molecule has 0 saturated heterocycles. The molecule has 4 heteroatoms. The Morgan fingerprint density at radius 1 is 1.24 bits per heavy atom. The van der Waals surface area contributed by atoms with Crippen LogP contribution in [-0.2, 0) is 6.54 Å². The number of hydrogen-bond donors (Lipinski definition) is 1. The van der Waals surface area contributed by atoms with Gasteiger partial charge < -0.3 is 4.98 Å². The second-order valence-electron chi connectivity index (χ2n) is 6.35. The molecule has 1 aromatic heterocycles. The van der Waals surface area contributed by atoms with E-state index in [1.165, 1.54) is 25.7 Å². The predicted octanol–water partition coefficient (Wildman–Crippen LogP) is 4.28. The van der Waals surface area contributed by atoms with Crippen LogP contribution in [0.2, 0.25) is 0 Å². The van der Waals surface area contributed by atoms with Crippen LogP contribution in [0, 0.1) is 16.6 Å². The van der Waals surface area contributed by atoms with E-state index in [0.717, 1.165) is 35.7 Å². The average Bonchev–Trinajstić information content (AvgIpc) is 2.49. The number of benzene rings is 1. The Balaban J connectivity index is 1.81. The zero-order chi connectivity index (χ0) is 14.8. The number of nitrogens with zero attached hydrogens (tertiary/aromatic N) is 1. The Kier molecular flexibility index (Phi) is 4.24. The highest BCUT2D eigenvalue weighted by Gasteiger charge is 2.18. The third-order valence-corrected chi connectivity index (χ3v) is 5.11. The first-order chi connectivity index (χ1) is 10.1. The SMILES string of the molecule is CC1CCC(CCn2c(=S)[nH]c3ccccc3c2=O)CC1. The maximum atomic E-state index is 12.6. The summed E-state index contributed by atoms with van der Waals surface area (Å²) in [4.78, 5) is 15.7. The topological polar surface area (TPSA) is 37.8 Å². The summed E-state index contributed by atoms with van der Waals surface area (Å²) in [6, 6.07) is 7.58. The zero-order valence-corrected chi connectivity index (χ0v) is 13.3. The van der Waals surface area contributed by atoms with E-state index >= 15 is 0 Å². The largest absolute Gasteiger partial charge is 0.332 e. The summed E-state index contributed by atoms with van der Waals surface area (Å²) in [6.07, 6.45) is 6.29. The number of aromatic amines is 1. The highest BCUT2D eigenvalue weighted by Crippen LogP contribution is 2.30. The summed E-state index contributed by atoms with van der Waals surface area (Å²) in [5.41, 5.74) is 0.869. The Bertz CT molecular complexity index is 738. The van der Waals surface area contributed by atoms with Crippen LogP contribution in [-0.4, -0.2) is 9.55 Å². The molecule has 0 unspecified atom stereocenters. The molecule has 0 aliphatic heterocycles. The standard InChI is InChI=1S/C17H22N2OS/c1-12-6-8-13(9-7-12)10-11-19-16(20)14-4-2-3-5-15(14)18-17(19)21/h2-5,12-13H,6-11H2,1H3,(H,18,21). The minimum atomic E-state index is 0.0403. The second-order valence-corrected chi connectivity index (χ2v) is 6.73. The lowest BCUT2D eigenvalue weighted by atomic mass is 9.81. The molecule has 1 N–H and O–H groups in total. The second kappa shape index (κ2) is 6.14. The lowest BCUT2D eigenvalue weighted by Gasteiger charge is -2.26. The van der Waals surface area contributed by atoms with E-state index in [0.29, 0.717) is 4.77 Å². The van der Waals surface area contributed by atoms with Crippen molar-refractivity contribution in [3.8, 4) is 0 Å². The van der Waals surface area contributed by atoms with Gasteiger partial charge in [-0.1, -0.05) is 44.7 Å². The van der Waals surface area contributed by atoms with Gasteiger partial charge in [-0.15, -0.1) is 0 Å². The summed E-state index contributed by atoms with van der Waals surface area (Å²) >= 11 is 5.36. The van der Waals surface area contributed by atoms with Gasteiger partial charge in [0.05, 0.1) is 10.9 Å². The normalized spacial score (nSPS) is 22.5. The molecule has 0 atom stereocenters. The van der Waals surface area contributed by atoms with Crippen LogP contribution < -0.4 is 5.56 Å². The van der Waals surface area contributed by atoms with E-state index in [2.05, 4.69) is 11.9 Å². The number of fused-ring (bicyclic) bond motifs is 1. The molecule has 0 spiro atoms. The molecular formula is C17H22N2OS. The molecule has 0 radical (unpaired) electrons. The van der Waals surface area contributed by atoms with Crippen molar-refractivity contribution in [1.29, 1.82) is 0 Å². The number of rotatable bonds is 3. The van der Waals surface area contributed by atoms with Gasteiger partial charge in [0.25, 0.3) is 5.56 Å². The monoisotopic (exact) mass is 302 g/mol. The molecule has 1 fully saturated rings. The fourth-order valence-corrected chi connectivity index (χ4v) is 3.62. The van der Waals surface area contributed by atoms with E-state index in [4.69, 9.17) is 12.2 Å². The van der Waals surface area contributed by atoms with E-state index in [1.807, 2.05) is 24.3 Å². The number of hydrogen-bond acceptors (Lipinski definition) is 2. The Morgan fingerprint density at radius 3 is 2.71 bits per heavy atom. The number of aromatic nitrogens is 2. The Morgan fingerprint density at radius 2 is 1.95 bits per heavy atom. The highest BCUT2D eigenvalue weighted by molar-refractivity contribution is 7.71. The smallest absolute Gasteiger partial charge is 0.262 e. The van der Waals surface area contributed by atoms with Gasteiger partial charge >= 0.3 is 0 Å². The minimum absolute atomic E-state index is 0.0403. The quantitative estimate of drug-likeness (QED) is 0.860. The first-order valence-corrected chi connectivity index (χ1v) is 8.28. The van der Waals surface area contributed by atoms with Crippen molar-refractivity contribution in [3.05, 3.63) is 39.4 Å². The maximum Gasteiger partial charge on any atom is 0.262 e. The fourth-order valence-electron chi connectivity index (χ4n) is 3.33. The number of para-hydroxylation sites is 1. The summed E-state index contributed by atoms with van der Waals surface area (Å²) in [7, 11) is 0. The van der Waals surface area contributed by atoms with Gasteiger partial charge in [0.15, 0.2) is 4.77 Å². The van der Waals surface area contributed by atoms with Gasteiger partial charge in [0.2, 0.25) is 0 Å². The molecule has 0 bridgehead atoms. The van der Waals surface area contributed by atoms with Crippen LogP contribution in [0.4, 0.5) is 0 Å². The van der Waals surface area contributed by atoms with Crippen LogP contribution in [0.15, 0.2) is 29.1 Å². The van der Waals surface area contributed by atoms with E-state index in [-0.39, 0.29) is 5.56 Å². The molecule has 1 aromatic carbocycles. The van der Waals surface area contributed by atoms with Crippen LogP contribution in [0.3, 0.4) is 0 Å². The first-order valence-electron chi connectivity index (χ1n) is 7.87. The van der Waals surface area contributed by atoms with Gasteiger partial charge in [-0.3, -0.25) is 9.36 Å². The molecule has 21 heavy (non-hydrogen) atoms. The molecule has 1 heterocycles. The van der Waals surface area contributed by atoms with Crippen molar-refractivity contribution >= 4 is 23.1 Å². The van der Waals surface area contributed by atoms with Gasteiger partial charge in [0, 0.05) is 6.54 Å². The Hall–Kier alpha value is -1.42. The molecule has 112 valence electrons. The lowest BCUT2D eigenvalue weighted by molar-refractivity contribution is 0.267. The molecule has 0 amide bonds. The van der Waals surface area contributed by atoms with Gasteiger partial charge in [-0.05, 0) is 42.6 Å². The summed E-state index contributed by atoms with van der Waals surface area (Å²) in [6.45, 7) is 3.07. The third-order valence-electron chi connectivity index (χ3n) is 4.79. The van der Waals surface area contributed by atoms with Crippen molar-refractivity contribution in [3.63, 3.8) is 0 Å². The van der Waals surface area contributed by atoms with Crippen molar-refractivity contribution in [2.75, 3.05) is 0 Å². The number of H-pyrrole nitrogens is 1.